The molecular weight excluding hydrogens is 426 g/mol. The summed E-state index contributed by atoms with van der Waals surface area (Å²) in [5, 5.41) is 9.11. The van der Waals surface area contributed by atoms with Crippen LogP contribution in [0.1, 0.15) is 84.3 Å². The van der Waals surface area contributed by atoms with Crippen LogP contribution in [0.5, 0.6) is 0 Å². The van der Waals surface area contributed by atoms with E-state index in [4.69, 9.17) is 11.6 Å². The van der Waals surface area contributed by atoms with Gasteiger partial charge in [-0.2, -0.15) is 10.2 Å². The molecule has 0 bridgehead atoms. The first kappa shape index (κ1) is 20.4. The molecule has 1 saturated carbocycles. The van der Waals surface area contributed by atoms with E-state index in [-0.39, 0.29) is 34.8 Å². The van der Waals surface area contributed by atoms with Crippen molar-refractivity contribution in [2.24, 2.45) is 7.05 Å². The SMILES string of the molecule is Cn1cc(Cl)c([C@H]2CCCCCN2C(=O)c2cnn3c(C(F)F)cc(C4CC4)nc23)n1. The van der Waals surface area contributed by atoms with Crippen molar-refractivity contribution in [3.05, 3.63) is 46.1 Å². The summed E-state index contributed by atoms with van der Waals surface area (Å²) >= 11 is 6.41. The number of amides is 1. The van der Waals surface area contributed by atoms with Gasteiger partial charge in [-0.1, -0.05) is 24.4 Å². The van der Waals surface area contributed by atoms with Crippen molar-refractivity contribution in [1.82, 2.24) is 29.3 Å². The van der Waals surface area contributed by atoms with Crippen molar-refractivity contribution in [2.45, 2.75) is 56.9 Å². The van der Waals surface area contributed by atoms with Crippen LogP contribution in [0.2, 0.25) is 5.02 Å². The predicted octanol–water partition coefficient (Wildman–Crippen LogP) is 4.69. The molecule has 0 unspecified atom stereocenters. The van der Waals surface area contributed by atoms with Gasteiger partial charge in [-0.25, -0.2) is 18.3 Å². The van der Waals surface area contributed by atoms with Crippen LogP contribution in [0.4, 0.5) is 8.78 Å². The maximum absolute atomic E-state index is 13.7. The first-order chi connectivity index (χ1) is 14.9. The predicted molar refractivity (Wildman–Crippen MR) is 110 cm³/mol. The molecule has 0 spiro atoms. The topological polar surface area (TPSA) is 68.3 Å². The van der Waals surface area contributed by atoms with Gasteiger partial charge in [-0.3, -0.25) is 9.48 Å². The Morgan fingerprint density at radius 2 is 2.03 bits per heavy atom. The zero-order valence-electron chi connectivity index (χ0n) is 17.1. The summed E-state index contributed by atoms with van der Waals surface area (Å²) in [4.78, 5) is 20.0. The van der Waals surface area contributed by atoms with Gasteiger partial charge < -0.3 is 4.90 Å². The number of nitrogens with zero attached hydrogens (tertiary/aromatic N) is 6. The summed E-state index contributed by atoms with van der Waals surface area (Å²) in [7, 11) is 1.79. The van der Waals surface area contributed by atoms with Crippen LogP contribution >= 0.6 is 11.6 Å². The number of halogens is 3. The van der Waals surface area contributed by atoms with Crippen molar-refractivity contribution in [3.8, 4) is 0 Å². The zero-order valence-corrected chi connectivity index (χ0v) is 17.9. The lowest BCUT2D eigenvalue weighted by atomic mass is 10.1. The molecule has 0 radical (unpaired) electrons. The molecule has 3 aromatic rings. The highest BCUT2D eigenvalue weighted by Gasteiger charge is 2.34. The van der Waals surface area contributed by atoms with Gasteiger partial charge in [0.15, 0.2) is 5.65 Å². The standard InChI is InChI=1S/C21H23ClF2N6O/c1-28-11-14(22)18(27-28)16-5-3-2-4-8-29(16)21(31)13-10-25-30-17(19(23)24)9-15(12-6-7-12)26-20(13)30/h9-12,16,19H,2-8H2,1H3/t16-/m1/s1. The molecule has 4 heterocycles. The number of carbonyl (C=O) groups is 1. The quantitative estimate of drug-likeness (QED) is 0.580. The molecule has 0 N–H and O–H groups in total. The molecule has 3 aromatic heterocycles. The Labute approximate surface area is 183 Å². The molecule has 2 fully saturated rings. The number of aryl methyl sites for hydroxylation is 1. The van der Waals surface area contributed by atoms with Gasteiger partial charge in [0.05, 0.1) is 17.3 Å². The van der Waals surface area contributed by atoms with Crippen molar-refractivity contribution in [2.75, 3.05) is 6.54 Å². The van der Waals surface area contributed by atoms with Crippen molar-refractivity contribution in [3.63, 3.8) is 0 Å². The lowest BCUT2D eigenvalue weighted by Crippen LogP contribution is -2.35. The second-order valence-electron chi connectivity index (χ2n) is 8.37. The lowest BCUT2D eigenvalue weighted by Gasteiger charge is -2.29. The molecule has 5 rings (SSSR count). The molecule has 164 valence electrons. The number of likely N-dealkylation sites (tertiary alicyclic amines) is 1. The number of alkyl halides is 2. The number of aromatic nitrogens is 5. The average molecular weight is 449 g/mol. The fourth-order valence-corrected chi connectivity index (χ4v) is 4.70. The van der Waals surface area contributed by atoms with E-state index in [1.54, 1.807) is 22.8 Å². The summed E-state index contributed by atoms with van der Waals surface area (Å²) < 4.78 is 30.1. The third kappa shape index (κ3) is 3.69. The van der Waals surface area contributed by atoms with Gasteiger partial charge in [-0.15, -0.1) is 0 Å². The van der Waals surface area contributed by atoms with Crippen LogP contribution in [-0.2, 0) is 7.05 Å². The van der Waals surface area contributed by atoms with E-state index in [1.807, 2.05) is 0 Å². The minimum atomic E-state index is -2.70. The number of rotatable bonds is 4. The van der Waals surface area contributed by atoms with Gasteiger partial charge >= 0.3 is 0 Å². The average Bonchev–Trinajstić information content (AvgIpc) is 3.47. The lowest BCUT2D eigenvalue weighted by molar-refractivity contribution is 0.0678. The van der Waals surface area contributed by atoms with Crippen LogP contribution in [0, 0.1) is 0 Å². The number of hydrogen-bond donors (Lipinski definition) is 0. The van der Waals surface area contributed by atoms with Crippen molar-refractivity contribution < 1.29 is 13.6 Å². The Morgan fingerprint density at radius 1 is 1.23 bits per heavy atom. The first-order valence-corrected chi connectivity index (χ1v) is 11.0. The third-order valence-electron chi connectivity index (χ3n) is 6.11. The van der Waals surface area contributed by atoms with Crippen LogP contribution < -0.4 is 0 Å². The minimum absolute atomic E-state index is 0.179. The van der Waals surface area contributed by atoms with Crippen molar-refractivity contribution >= 4 is 23.2 Å². The molecule has 0 aromatic carbocycles. The fourth-order valence-electron chi connectivity index (χ4n) is 4.39. The molecule has 10 heteroatoms. The van der Waals surface area contributed by atoms with Crippen LogP contribution in [0.3, 0.4) is 0 Å². The van der Waals surface area contributed by atoms with E-state index in [1.165, 1.54) is 12.3 Å². The van der Waals surface area contributed by atoms with Crippen LogP contribution in [-0.4, -0.2) is 41.7 Å². The van der Waals surface area contributed by atoms with Gasteiger partial charge in [-0.05, 0) is 31.7 Å². The molecule has 1 aliphatic carbocycles. The second-order valence-corrected chi connectivity index (χ2v) is 8.78. The van der Waals surface area contributed by atoms with E-state index in [0.717, 1.165) is 43.0 Å². The normalized spacial score (nSPS) is 19.9. The van der Waals surface area contributed by atoms with Crippen molar-refractivity contribution in [1.29, 1.82) is 0 Å². The highest BCUT2D eigenvalue weighted by atomic mass is 35.5. The maximum atomic E-state index is 13.7. The Bertz CT molecular complexity index is 1140. The van der Waals surface area contributed by atoms with E-state index in [0.29, 0.717) is 23.0 Å². The zero-order chi connectivity index (χ0) is 21.7. The smallest absolute Gasteiger partial charge is 0.280 e. The summed E-state index contributed by atoms with van der Waals surface area (Å²) in [5.74, 6) is -0.0945. The van der Waals surface area contributed by atoms with Gasteiger partial charge in [0, 0.05) is 31.4 Å². The first-order valence-electron chi connectivity index (χ1n) is 10.6. The molecular formula is C21H23ClF2N6O. The Balaban J connectivity index is 1.58. The van der Waals surface area contributed by atoms with Gasteiger partial charge in [0.2, 0.25) is 0 Å². The van der Waals surface area contributed by atoms with E-state index < -0.39 is 6.43 Å². The van der Waals surface area contributed by atoms with Crippen LogP contribution in [0.25, 0.3) is 5.65 Å². The van der Waals surface area contributed by atoms with E-state index in [2.05, 4.69) is 15.2 Å². The summed E-state index contributed by atoms with van der Waals surface area (Å²) in [6.45, 7) is 0.539. The molecule has 31 heavy (non-hydrogen) atoms. The van der Waals surface area contributed by atoms with Gasteiger partial charge in [0.1, 0.15) is 17.0 Å². The Hall–Kier alpha value is -2.55. The molecule has 2 aliphatic rings. The Kier molecular flexibility index (Phi) is 5.16. The molecule has 1 atom stereocenters. The number of hydrogen-bond acceptors (Lipinski definition) is 4. The molecule has 1 amide bonds. The number of fused-ring (bicyclic) bond motifs is 1. The molecule has 7 nitrogen and oxygen atoms in total. The van der Waals surface area contributed by atoms with Gasteiger partial charge in [0.25, 0.3) is 12.3 Å². The second kappa shape index (κ2) is 7.85. The largest absolute Gasteiger partial charge is 0.330 e. The number of carbonyl (C=O) groups excluding carboxylic acids is 1. The van der Waals surface area contributed by atoms with E-state index in [9.17, 15) is 13.6 Å². The Morgan fingerprint density at radius 3 is 2.71 bits per heavy atom. The summed E-state index contributed by atoms with van der Waals surface area (Å²) in [6.07, 6.45) is 5.77. The highest BCUT2D eigenvalue weighted by Crippen LogP contribution is 2.41. The minimum Gasteiger partial charge on any atom is -0.330 e. The third-order valence-corrected chi connectivity index (χ3v) is 6.40. The highest BCUT2D eigenvalue weighted by molar-refractivity contribution is 6.31. The van der Waals surface area contributed by atoms with E-state index >= 15 is 0 Å². The summed E-state index contributed by atoms with van der Waals surface area (Å²) in [6, 6.07) is 1.14. The molecule has 1 saturated heterocycles. The molecule has 1 aliphatic heterocycles. The maximum Gasteiger partial charge on any atom is 0.280 e. The monoisotopic (exact) mass is 448 g/mol. The van der Waals surface area contributed by atoms with Crippen LogP contribution in [0.15, 0.2) is 18.5 Å². The summed E-state index contributed by atoms with van der Waals surface area (Å²) in [5.41, 5.74) is 1.47. The fraction of sp³-hybridized carbons (Fsp3) is 0.524.